The van der Waals surface area contributed by atoms with E-state index in [2.05, 4.69) is 5.32 Å². The Morgan fingerprint density at radius 1 is 1.28 bits per heavy atom. The summed E-state index contributed by atoms with van der Waals surface area (Å²) in [5.74, 6) is 0.602. The average molecular weight is 354 g/mol. The Bertz CT molecular complexity index is 455. The lowest BCUT2D eigenvalue weighted by Gasteiger charge is -2.32. The number of likely N-dealkylation sites (tertiary alicyclic amines) is 1. The van der Waals surface area contributed by atoms with Crippen LogP contribution in [0.1, 0.15) is 72.1 Å². The first-order valence-corrected chi connectivity index (χ1v) is 9.70. The Hall–Kier alpha value is -1.30. The van der Waals surface area contributed by atoms with Crippen molar-refractivity contribution in [1.82, 2.24) is 10.2 Å². The van der Waals surface area contributed by atoms with E-state index in [0.717, 1.165) is 25.7 Å². The predicted molar refractivity (Wildman–Crippen MR) is 96.2 cm³/mol. The first-order valence-electron chi connectivity index (χ1n) is 9.70. The number of carbonyl (C=O) groups excluding carboxylic acids is 2. The van der Waals surface area contributed by atoms with E-state index in [1.807, 2.05) is 20.8 Å². The number of aliphatic hydroxyl groups excluding tert-OH is 1. The van der Waals surface area contributed by atoms with Gasteiger partial charge in [-0.05, 0) is 39.5 Å². The Morgan fingerprint density at radius 3 is 2.52 bits per heavy atom. The van der Waals surface area contributed by atoms with Gasteiger partial charge in [0.25, 0.3) is 0 Å². The smallest absolute Gasteiger partial charge is 0.407 e. The van der Waals surface area contributed by atoms with Gasteiger partial charge in [0, 0.05) is 19.5 Å². The third-order valence-corrected chi connectivity index (χ3v) is 5.06. The second-order valence-corrected chi connectivity index (χ2v) is 8.50. The van der Waals surface area contributed by atoms with E-state index in [9.17, 15) is 14.7 Å². The molecule has 2 amide bonds. The zero-order valence-corrected chi connectivity index (χ0v) is 15.9. The molecule has 2 N–H and O–H groups in total. The van der Waals surface area contributed by atoms with Crippen LogP contribution in [0.4, 0.5) is 4.79 Å². The van der Waals surface area contributed by atoms with Crippen LogP contribution in [0.3, 0.4) is 0 Å². The van der Waals surface area contributed by atoms with Gasteiger partial charge in [0.1, 0.15) is 5.60 Å². The fourth-order valence-electron chi connectivity index (χ4n) is 3.80. The number of rotatable bonds is 6. The third-order valence-electron chi connectivity index (χ3n) is 5.06. The number of β-amino-alcohol motifs (C(OH)–C–C–N with tert-alkyl or cyclic N) is 1. The van der Waals surface area contributed by atoms with Gasteiger partial charge in [0.15, 0.2) is 0 Å². The molecule has 2 atom stereocenters. The molecule has 0 spiro atoms. The summed E-state index contributed by atoms with van der Waals surface area (Å²) in [4.78, 5) is 25.7. The maximum absolute atomic E-state index is 12.2. The fraction of sp³-hybridized carbons (Fsp3) is 0.895. The van der Waals surface area contributed by atoms with Gasteiger partial charge in [-0.1, -0.05) is 32.1 Å². The van der Waals surface area contributed by atoms with Crippen molar-refractivity contribution in [3.63, 3.8) is 0 Å². The van der Waals surface area contributed by atoms with E-state index in [-0.39, 0.29) is 18.5 Å². The number of amides is 2. The van der Waals surface area contributed by atoms with Crippen molar-refractivity contribution in [1.29, 1.82) is 0 Å². The Morgan fingerprint density at radius 2 is 1.96 bits per heavy atom. The van der Waals surface area contributed by atoms with Crippen LogP contribution in [-0.4, -0.2) is 52.8 Å². The lowest BCUT2D eigenvalue weighted by atomic mass is 9.83. The molecule has 144 valence electrons. The highest BCUT2D eigenvalue weighted by Gasteiger charge is 2.31. The molecule has 0 aromatic carbocycles. The molecule has 2 aliphatic rings. The highest BCUT2D eigenvalue weighted by molar-refractivity contribution is 5.78. The van der Waals surface area contributed by atoms with Crippen LogP contribution in [0.25, 0.3) is 0 Å². The van der Waals surface area contributed by atoms with Crippen LogP contribution < -0.4 is 5.32 Å². The molecule has 1 heterocycles. The van der Waals surface area contributed by atoms with Crippen molar-refractivity contribution < 1.29 is 19.4 Å². The van der Waals surface area contributed by atoms with Gasteiger partial charge in [-0.25, -0.2) is 4.79 Å². The number of hydrogen-bond donors (Lipinski definition) is 2. The van der Waals surface area contributed by atoms with Gasteiger partial charge in [0.2, 0.25) is 5.91 Å². The molecule has 1 aliphatic carbocycles. The number of aliphatic hydroxyl groups is 1. The molecule has 0 radical (unpaired) electrons. The summed E-state index contributed by atoms with van der Waals surface area (Å²) >= 11 is 0. The van der Waals surface area contributed by atoms with Crippen LogP contribution in [0, 0.1) is 5.92 Å². The molecule has 25 heavy (non-hydrogen) atoms. The summed E-state index contributed by atoms with van der Waals surface area (Å²) in [6.07, 6.45) is 6.85. The highest BCUT2D eigenvalue weighted by Crippen LogP contribution is 2.28. The maximum atomic E-state index is 12.2. The molecule has 0 aromatic rings. The van der Waals surface area contributed by atoms with Crippen molar-refractivity contribution in [2.45, 2.75) is 89.9 Å². The zero-order valence-electron chi connectivity index (χ0n) is 15.9. The minimum Gasteiger partial charge on any atom is -0.444 e. The van der Waals surface area contributed by atoms with Crippen molar-refractivity contribution >= 4 is 12.0 Å². The Balaban J connectivity index is 1.96. The van der Waals surface area contributed by atoms with Crippen molar-refractivity contribution in [3.05, 3.63) is 0 Å². The quantitative estimate of drug-likeness (QED) is 0.769. The molecule has 6 nitrogen and oxygen atoms in total. The summed E-state index contributed by atoms with van der Waals surface area (Å²) in [5.41, 5.74) is -0.574. The largest absolute Gasteiger partial charge is 0.444 e. The summed E-state index contributed by atoms with van der Waals surface area (Å²) in [6.45, 7) is 6.44. The minimum atomic E-state index is -0.767. The number of hydrogen-bond acceptors (Lipinski definition) is 4. The van der Waals surface area contributed by atoms with Crippen LogP contribution >= 0.6 is 0 Å². The summed E-state index contributed by atoms with van der Waals surface area (Å²) < 4.78 is 5.36. The van der Waals surface area contributed by atoms with Crippen molar-refractivity contribution in [3.8, 4) is 0 Å². The second-order valence-electron chi connectivity index (χ2n) is 8.50. The predicted octanol–water partition coefficient (Wildman–Crippen LogP) is 2.83. The molecule has 1 saturated heterocycles. The molecule has 6 heteroatoms. The summed E-state index contributed by atoms with van der Waals surface area (Å²) in [6, 6.07) is -0.383. The molecule has 0 bridgehead atoms. The molecule has 0 aromatic heterocycles. The molecular formula is C19H34N2O4. The zero-order chi connectivity index (χ0) is 18.4. The van der Waals surface area contributed by atoms with Gasteiger partial charge in [-0.15, -0.1) is 0 Å². The van der Waals surface area contributed by atoms with Crippen LogP contribution in [0.5, 0.6) is 0 Å². The van der Waals surface area contributed by atoms with Crippen LogP contribution in [-0.2, 0) is 9.53 Å². The number of ether oxygens (including phenoxy) is 1. The summed E-state index contributed by atoms with van der Waals surface area (Å²) in [5, 5.41) is 13.6. The number of nitrogens with zero attached hydrogens (tertiary/aromatic N) is 1. The molecule has 1 saturated carbocycles. The van der Waals surface area contributed by atoms with Gasteiger partial charge in [-0.2, -0.15) is 0 Å². The monoisotopic (exact) mass is 354 g/mol. The van der Waals surface area contributed by atoms with Crippen molar-refractivity contribution in [2.75, 3.05) is 13.1 Å². The standard InChI is InChI=1S/C19H34N2O4/c1-19(2,3)25-18(24)20-15(12-14-8-5-4-6-9-14)16(22)13-21-11-7-10-17(21)23/h14-16,22H,4-13H2,1-3H3,(H,20,24)/t15-,16-/m0/s1. The maximum Gasteiger partial charge on any atom is 0.407 e. The van der Waals surface area contributed by atoms with E-state index < -0.39 is 17.8 Å². The van der Waals surface area contributed by atoms with Gasteiger partial charge >= 0.3 is 6.09 Å². The second kappa shape index (κ2) is 8.88. The fourth-order valence-corrected chi connectivity index (χ4v) is 3.80. The Kier molecular flexibility index (Phi) is 7.11. The van der Waals surface area contributed by atoms with E-state index in [4.69, 9.17) is 4.74 Å². The SMILES string of the molecule is CC(C)(C)OC(=O)N[C@@H](CC1CCCCC1)[C@@H](O)CN1CCCC1=O. The first-order chi connectivity index (χ1) is 11.7. The van der Waals surface area contributed by atoms with Crippen LogP contribution in [0.2, 0.25) is 0 Å². The minimum absolute atomic E-state index is 0.0905. The molecule has 2 rings (SSSR count). The topological polar surface area (TPSA) is 78.9 Å². The van der Waals surface area contributed by atoms with Gasteiger partial charge in [-0.3, -0.25) is 4.79 Å². The highest BCUT2D eigenvalue weighted by atomic mass is 16.6. The van der Waals surface area contributed by atoms with Gasteiger partial charge in [0.05, 0.1) is 12.1 Å². The number of carbonyl (C=O) groups is 2. The van der Waals surface area contributed by atoms with E-state index in [0.29, 0.717) is 18.9 Å². The average Bonchev–Trinajstić information content (AvgIpc) is 2.91. The van der Waals surface area contributed by atoms with E-state index >= 15 is 0 Å². The van der Waals surface area contributed by atoms with Crippen molar-refractivity contribution in [2.24, 2.45) is 5.92 Å². The Labute approximate surface area is 151 Å². The summed E-state index contributed by atoms with van der Waals surface area (Å²) in [7, 11) is 0. The van der Waals surface area contributed by atoms with Gasteiger partial charge < -0.3 is 20.1 Å². The molecule has 1 aliphatic heterocycles. The lowest BCUT2D eigenvalue weighted by Crippen LogP contribution is -2.50. The lowest BCUT2D eigenvalue weighted by molar-refractivity contribution is -0.129. The van der Waals surface area contributed by atoms with E-state index in [1.165, 1.54) is 19.3 Å². The third kappa shape index (κ3) is 6.84. The number of nitrogens with one attached hydrogen (secondary N) is 1. The number of alkyl carbamates (subject to hydrolysis) is 1. The normalized spacial score (nSPS) is 21.9. The molecule has 0 unspecified atom stereocenters. The first kappa shape index (κ1) is 20.0. The van der Waals surface area contributed by atoms with Crippen LogP contribution in [0.15, 0.2) is 0 Å². The molecular weight excluding hydrogens is 320 g/mol. The van der Waals surface area contributed by atoms with E-state index in [1.54, 1.807) is 4.90 Å². The molecule has 2 fully saturated rings.